The Morgan fingerprint density at radius 1 is 1.21 bits per heavy atom. The minimum atomic E-state index is -4.13. The number of hydrogen-bond donors (Lipinski definition) is 2. The summed E-state index contributed by atoms with van der Waals surface area (Å²) in [5.74, 6) is -0.816. The van der Waals surface area contributed by atoms with Gasteiger partial charge in [-0.2, -0.15) is 0 Å². The molecule has 148 valence electrons. The summed E-state index contributed by atoms with van der Waals surface area (Å²) in [6.45, 7) is 1.28. The molecule has 4 rings (SSSR count). The SMILES string of the molecule is O=c1[nH]ccc2cc(F)c([N-]S(=O)(=O)c3ccc(N4CCC(O)CC4)s3)cc12.[Na+]. The number of nitrogens with one attached hydrogen (secondary N) is 1. The van der Waals surface area contributed by atoms with Crippen LogP contribution in [0.2, 0.25) is 0 Å². The second kappa shape index (κ2) is 8.75. The van der Waals surface area contributed by atoms with Crippen LogP contribution in [-0.2, 0) is 10.0 Å². The Morgan fingerprint density at radius 2 is 1.93 bits per heavy atom. The molecule has 0 bridgehead atoms. The summed E-state index contributed by atoms with van der Waals surface area (Å²) >= 11 is 1.05. The summed E-state index contributed by atoms with van der Waals surface area (Å²) in [6, 6.07) is 6.89. The molecule has 1 aromatic carbocycles. The van der Waals surface area contributed by atoms with Crippen LogP contribution in [0.3, 0.4) is 0 Å². The monoisotopic (exact) mass is 445 g/mol. The Morgan fingerprint density at radius 3 is 2.66 bits per heavy atom. The van der Waals surface area contributed by atoms with E-state index in [0.29, 0.717) is 31.3 Å². The van der Waals surface area contributed by atoms with Crippen molar-refractivity contribution in [2.24, 2.45) is 0 Å². The third-order valence-corrected chi connectivity index (χ3v) is 7.56. The van der Waals surface area contributed by atoms with Crippen molar-refractivity contribution in [1.29, 1.82) is 0 Å². The van der Waals surface area contributed by atoms with Gasteiger partial charge in [-0.15, -0.1) is 11.3 Å². The molecule has 3 heterocycles. The Hall–Kier alpha value is -1.43. The first-order chi connectivity index (χ1) is 13.3. The Kier molecular flexibility index (Phi) is 6.71. The number of halogens is 1. The minimum absolute atomic E-state index is 0. The molecule has 3 aromatic rings. The van der Waals surface area contributed by atoms with E-state index in [1.807, 2.05) is 4.90 Å². The zero-order valence-electron chi connectivity index (χ0n) is 15.6. The number of H-pyrrole nitrogens is 1. The summed E-state index contributed by atoms with van der Waals surface area (Å²) < 4.78 is 43.3. The molecule has 0 amide bonds. The van der Waals surface area contributed by atoms with Gasteiger partial charge in [0.05, 0.1) is 11.1 Å². The maximum absolute atomic E-state index is 14.3. The van der Waals surface area contributed by atoms with Gasteiger partial charge in [-0.3, -0.25) is 4.79 Å². The zero-order chi connectivity index (χ0) is 19.9. The fourth-order valence-electron chi connectivity index (χ4n) is 3.15. The van der Waals surface area contributed by atoms with Crippen molar-refractivity contribution >= 4 is 42.8 Å². The Balaban J connectivity index is 0.00000240. The number of aliphatic hydroxyl groups is 1. The fourth-order valence-corrected chi connectivity index (χ4v) is 5.45. The van der Waals surface area contributed by atoms with Crippen molar-refractivity contribution in [1.82, 2.24) is 4.98 Å². The predicted molar refractivity (Wildman–Crippen MR) is 107 cm³/mol. The Labute approximate surface area is 192 Å². The fraction of sp³-hybridized carbons (Fsp3) is 0.278. The quantitative estimate of drug-likeness (QED) is 0.554. The third-order valence-electron chi connectivity index (χ3n) is 4.66. The molecule has 0 atom stereocenters. The molecule has 2 N–H and O–H groups in total. The number of piperidine rings is 1. The van der Waals surface area contributed by atoms with Crippen LogP contribution < -0.4 is 40.0 Å². The van der Waals surface area contributed by atoms with E-state index in [1.54, 1.807) is 6.07 Å². The number of fused-ring (bicyclic) bond motifs is 1. The van der Waals surface area contributed by atoms with Gasteiger partial charge in [0, 0.05) is 24.7 Å². The van der Waals surface area contributed by atoms with Crippen LogP contribution in [0.4, 0.5) is 15.1 Å². The molecule has 1 fully saturated rings. The topological polar surface area (TPSA) is 105 Å². The molecule has 1 saturated heterocycles. The molecular formula is C18H17FN3NaO4S2. The smallest absolute Gasteiger partial charge is 0.570 e. The van der Waals surface area contributed by atoms with Crippen molar-refractivity contribution in [3.63, 3.8) is 0 Å². The molecule has 0 aliphatic carbocycles. The molecule has 11 heteroatoms. The first-order valence-electron chi connectivity index (χ1n) is 8.65. The summed E-state index contributed by atoms with van der Waals surface area (Å²) in [7, 11) is -4.13. The summed E-state index contributed by atoms with van der Waals surface area (Å²) in [5.41, 5.74) is -0.850. The second-order valence-corrected chi connectivity index (χ2v) is 9.47. The van der Waals surface area contributed by atoms with Gasteiger partial charge < -0.3 is 19.7 Å². The van der Waals surface area contributed by atoms with Crippen molar-refractivity contribution in [3.8, 4) is 0 Å². The van der Waals surface area contributed by atoms with Crippen molar-refractivity contribution in [3.05, 3.63) is 57.4 Å². The van der Waals surface area contributed by atoms with Gasteiger partial charge in [0.15, 0.2) is 0 Å². The normalized spacial score (nSPS) is 15.3. The van der Waals surface area contributed by atoms with Crippen molar-refractivity contribution < 1.29 is 47.5 Å². The third kappa shape index (κ3) is 4.68. The molecule has 29 heavy (non-hydrogen) atoms. The van der Waals surface area contributed by atoms with Gasteiger partial charge in [-0.1, -0.05) is 11.8 Å². The Bertz CT molecular complexity index is 1190. The first-order valence-corrected chi connectivity index (χ1v) is 10.9. The number of sulfonamides is 1. The molecule has 0 spiro atoms. The van der Waals surface area contributed by atoms with E-state index in [4.69, 9.17) is 0 Å². The molecule has 0 unspecified atom stereocenters. The van der Waals surface area contributed by atoms with Crippen LogP contribution in [0.1, 0.15) is 12.8 Å². The molecule has 0 radical (unpaired) electrons. The van der Waals surface area contributed by atoms with Crippen LogP contribution in [0.5, 0.6) is 0 Å². The van der Waals surface area contributed by atoms with E-state index in [0.717, 1.165) is 28.5 Å². The maximum atomic E-state index is 14.3. The van der Waals surface area contributed by atoms with Gasteiger partial charge in [-0.05, 0) is 42.5 Å². The average molecular weight is 445 g/mol. The number of benzene rings is 1. The van der Waals surface area contributed by atoms with Gasteiger partial charge in [0.1, 0.15) is 20.0 Å². The first kappa shape index (κ1) is 22.3. The van der Waals surface area contributed by atoms with E-state index >= 15 is 0 Å². The summed E-state index contributed by atoms with van der Waals surface area (Å²) in [6.07, 6.45) is 2.32. The van der Waals surface area contributed by atoms with Gasteiger partial charge in [0.25, 0.3) is 5.56 Å². The van der Waals surface area contributed by atoms with E-state index in [9.17, 15) is 22.7 Å². The van der Waals surface area contributed by atoms with E-state index in [1.165, 1.54) is 18.3 Å². The number of hydrogen-bond acceptors (Lipinski definition) is 6. The zero-order valence-corrected chi connectivity index (χ0v) is 19.3. The van der Waals surface area contributed by atoms with Crippen LogP contribution in [-0.4, -0.2) is 37.7 Å². The number of rotatable bonds is 4. The van der Waals surface area contributed by atoms with E-state index < -0.39 is 27.1 Å². The van der Waals surface area contributed by atoms with Crippen LogP contribution in [0.25, 0.3) is 15.5 Å². The molecule has 1 aliphatic heterocycles. The number of anilines is 1. The van der Waals surface area contributed by atoms with Gasteiger partial charge in [-0.25, -0.2) is 12.8 Å². The number of nitrogens with zero attached hydrogens (tertiary/aromatic N) is 2. The average Bonchev–Trinajstić information content (AvgIpc) is 3.15. The maximum Gasteiger partial charge on any atom is 1.00 e. The molecular weight excluding hydrogens is 428 g/mol. The van der Waals surface area contributed by atoms with E-state index in [-0.39, 0.29) is 45.3 Å². The van der Waals surface area contributed by atoms with Crippen LogP contribution in [0, 0.1) is 5.82 Å². The van der Waals surface area contributed by atoms with Crippen molar-refractivity contribution in [2.45, 2.75) is 23.2 Å². The van der Waals surface area contributed by atoms with Crippen LogP contribution >= 0.6 is 11.3 Å². The number of aromatic amines is 1. The summed E-state index contributed by atoms with van der Waals surface area (Å²) in [4.78, 5) is 16.4. The minimum Gasteiger partial charge on any atom is -0.570 e. The van der Waals surface area contributed by atoms with Crippen LogP contribution in [0.15, 0.2) is 45.5 Å². The number of thiophene rings is 1. The molecule has 1 aliphatic rings. The van der Waals surface area contributed by atoms with E-state index in [2.05, 4.69) is 9.71 Å². The standard InChI is InChI=1S/C18H17FN3O4S2.Na/c19-14-9-11-3-6-20-18(24)13(11)10-15(14)21-28(25,26)17-2-1-16(27-17)22-7-4-12(23)5-8-22;/h1-3,6,9-10,12,23H,4-5,7-8H2,(H,20,24);/q-1;+1. The molecule has 0 saturated carbocycles. The predicted octanol–water partition coefficient (Wildman–Crippen LogP) is 0.0879. The number of aromatic nitrogens is 1. The summed E-state index contributed by atoms with van der Waals surface area (Å²) in [5, 5.41) is 10.9. The van der Waals surface area contributed by atoms with Gasteiger partial charge >= 0.3 is 29.6 Å². The van der Waals surface area contributed by atoms with Gasteiger partial charge in [0.2, 0.25) is 0 Å². The largest absolute Gasteiger partial charge is 1.00 e. The number of aliphatic hydroxyl groups excluding tert-OH is 1. The number of pyridine rings is 1. The molecule has 7 nitrogen and oxygen atoms in total. The second-order valence-electron chi connectivity index (χ2n) is 6.57. The molecule has 2 aromatic heterocycles. The van der Waals surface area contributed by atoms with Crippen molar-refractivity contribution in [2.75, 3.05) is 18.0 Å².